The van der Waals surface area contributed by atoms with Crippen molar-refractivity contribution in [3.05, 3.63) is 27.8 Å². The summed E-state index contributed by atoms with van der Waals surface area (Å²) in [5.41, 5.74) is 0.0787. The SMILES string of the molecule is CCOc1cc(COC(=O)CCS)c([N+](=O)[O-])cc1OCC. The van der Waals surface area contributed by atoms with Crippen molar-refractivity contribution >= 4 is 24.3 Å². The van der Waals surface area contributed by atoms with Crippen molar-refractivity contribution in [2.45, 2.75) is 26.9 Å². The van der Waals surface area contributed by atoms with Crippen LogP contribution in [0.3, 0.4) is 0 Å². The molecule has 0 atom stereocenters. The summed E-state index contributed by atoms with van der Waals surface area (Å²) >= 11 is 3.93. The molecule has 0 aliphatic carbocycles. The van der Waals surface area contributed by atoms with Crippen LogP contribution in [0.2, 0.25) is 0 Å². The van der Waals surface area contributed by atoms with E-state index < -0.39 is 10.9 Å². The Morgan fingerprint density at radius 2 is 1.82 bits per heavy atom. The Bertz CT molecular complexity index is 534. The molecule has 0 N–H and O–H groups in total. The van der Waals surface area contributed by atoms with Crippen molar-refractivity contribution in [2.24, 2.45) is 0 Å². The number of carbonyl (C=O) groups excluding carboxylic acids is 1. The first-order valence-electron chi connectivity index (χ1n) is 6.86. The molecule has 0 aliphatic rings. The Labute approximate surface area is 134 Å². The number of benzene rings is 1. The first-order chi connectivity index (χ1) is 10.5. The summed E-state index contributed by atoms with van der Waals surface area (Å²) in [6.45, 7) is 4.11. The van der Waals surface area contributed by atoms with Gasteiger partial charge in [-0.2, -0.15) is 12.6 Å². The van der Waals surface area contributed by atoms with E-state index in [9.17, 15) is 14.9 Å². The first kappa shape index (κ1) is 18.1. The molecule has 8 heteroatoms. The monoisotopic (exact) mass is 329 g/mol. The lowest BCUT2D eigenvalue weighted by Crippen LogP contribution is -2.08. The van der Waals surface area contributed by atoms with Gasteiger partial charge in [-0.05, 0) is 19.9 Å². The summed E-state index contributed by atoms with van der Waals surface area (Å²) in [5, 5.41) is 11.2. The van der Waals surface area contributed by atoms with E-state index in [2.05, 4.69) is 12.6 Å². The second-order valence-electron chi connectivity index (χ2n) is 4.19. The predicted molar refractivity (Wildman–Crippen MR) is 83.7 cm³/mol. The normalized spacial score (nSPS) is 10.1. The molecule has 0 heterocycles. The highest BCUT2D eigenvalue weighted by atomic mass is 32.1. The molecule has 22 heavy (non-hydrogen) atoms. The van der Waals surface area contributed by atoms with Crippen LogP contribution in [0.1, 0.15) is 25.8 Å². The Balaban J connectivity index is 3.09. The maximum Gasteiger partial charge on any atom is 0.306 e. The molecule has 1 aromatic carbocycles. The quantitative estimate of drug-likeness (QED) is 0.324. The Kier molecular flexibility index (Phi) is 7.51. The van der Waals surface area contributed by atoms with Crippen LogP contribution >= 0.6 is 12.6 Å². The lowest BCUT2D eigenvalue weighted by atomic mass is 10.1. The van der Waals surface area contributed by atoms with Gasteiger partial charge in [0.15, 0.2) is 11.5 Å². The lowest BCUT2D eigenvalue weighted by Gasteiger charge is -2.13. The zero-order valence-corrected chi connectivity index (χ0v) is 13.4. The first-order valence-corrected chi connectivity index (χ1v) is 7.50. The number of thiol groups is 1. The van der Waals surface area contributed by atoms with E-state index in [1.807, 2.05) is 0 Å². The van der Waals surface area contributed by atoms with E-state index in [1.165, 1.54) is 12.1 Å². The summed E-state index contributed by atoms with van der Waals surface area (Å²) in [7, 11) is 0. The van der Waals surface area contributed by atoms with Gasteiger partial charge < -0.3 is 14.2 Å². The Morgan fingerprint density at radius 3 is 2.32 bits per heavy atom. The Morgan fingerprint density at radius 1 is 1.23 bits per heavy atom. The minimum Gasteiger partial charge on any atom is -0.490 e. The van der Waals surface area contributed by atoms with Crippen molar-refractivity contribution in [3.63, 3.8) is 0 Å². The number of hydrogen-bond acceptors (Lipinski definition) is 7. The second kappa shape index (κ2) is 9.14. The maximum atomic E-state index is 11.4. The number of ether oxygens (including phenoxy) is 3. The lowest BCUT2D eigenvalue weighted by molar-refractivity contribution is -0.385. The van der Waals surface area contributed by atoms with E-state index in [-0.39, 0.29) is 24.3 Å². The van der Waals surface area contributed by atoms with Crippen molar-refractivity contribution in [3.8, 4) is 11.5 Å². The number of carbonyl (C=O) groups is 1. The van der Waals surface area contributed by atoms with Crippen molar-refractivity contribution in [1.82, 2.24) is 0 Å². The molecule has 0 fully saturated rings. The summed E-state index contributed by atoms with van der Waals surface area (Å²) < 4.78 is 15.8. The molecule has 0 aromatic heterocycles. The predicted octanol–water partition coefficient (Wildman–Crippen LogP) is 2.76. The second-order valence-corrected chi connectivity index (χ2v) is 4.63. The number of nitro groups is 1. The van der Waals surface area contributed by atoms with Crippen LogP contribution in [-0.4, -0.2) is 29.9 Å². The average Bonchev–Trinajstić information content (AvgIpc) is 2.47. The van der Waals surface area contributed by atoms with Gasteiger partial charge in [-0.15, -0.1) is 0 Å². The largest absolute Gasteiger partial charge is 0.490 e. The standard InChI is InChI=1S/C14H19NO6S/c1-3-19-12-7-10(9-21-14(16)5-6-22)11(15(17)18)8-13(12)20-4-2/h7-8,22H,3-6,9H2,1-2H3. The van der Waals surface area contributed by atoms with Gasteiger partial charge in [-0.1, -0.05) is 0 Å². The van der Waals surface area contributed by atoms with Crippen LogP contribution in [0.4, 0.5) is 5.69 Å². The van der Waals surface area contributed by atoms with E-state index in [4.69, 9.17) is 14.2 Å². The van der Waals surface area contributed by atoms with Gasteiger partial charge in [0.05, 0.1) is 36.2 Å². The van der Waals surface area contributed by atoms with Gasteiger partial charge in [0.25, 0.3) is 5.69 Å². The number of hydrogen-bond donors (Lipinski definition) is 1. The topological polar surface area (TPSA) is 87.9 Å². The van der Waals surface area contributed by atoms with Gasteiger partial charge >= 0.3 is 5.97 Å². The Hall–Kier alpha value is -1.96. The third kappa shape index (κ3) is 5.10. The van der Waals surface area contributed by atoms with Crippen LogP contribution in [0, 0.1) is 10.1 Å². The molecular formula is C14H19NO6S. The molecule has 0 bridgehead atoms. The van der Waals surface area contributed by atoms with E-state index >= 15 is 0 Å². The molecule has 0 amide bonds. The molecule has 0 spiro atoms. The van der Waals surface area contributed by atoms with E-state index in [1.54, 1.807) is 13.8 Å². The number of esters is 1. The molecule has 1 rings (SSSR count). The summed E-state index contributed by atoms with van der Waals surface area (Å²) in [4.78, 5) is 22.0. The van der Waals surface area contributed by atoms with Gasteiger partial charge in [0.1, 0.15) is 6.61 Å². The molecule has 0 aliphatic heterocycles. The van der Waals surface area contributed by atoms with Gasteiger partial charge in [0, 0.05) is 5.75 Å². The van der Waals surface area contributed by atoms with Gasteiger partial charge in [-0.25, -0.2) is 0 Å². The van der Waals surface area contributed by atoms with Crippen LogP contribution < -0.4 is 9.47 Å². The fourth-order valence-corrected chi connectivity index (χ4v) is 1.92. The van der Waals surface area contributed by atoms with Crippen LogP contribution in [-0.2, 0) is 16.1 Å². The van der Waals surface area contributed by atoms with E-state index in [0.717, 1.165) is 0 Å². The highest BCUT2D eigenvalue weighted by Crippen LogP contribution is 2.35. The van der Waals surface area contributed by atoms with Gasteiger partial charge in [0.2, 0.25) is 0 Å². The van der Waals surface area contributed by atoms with Crippen LogP contribution in [0.25, 0.3) is 0 Å². The summed E-state index contributed by atoms with van der Waals surface area (Å²) in [5.74, 6) is 0.571. The van der Waals surface area contributed by atoms with Crippen molar-refractivity contribution in [2.75, 3.05) is 19.0 Å². The van der Waals surface area contributed by atoms with Crippen molar-refractivity contribution < 1.29 is 23.9 Å². The average molecular weight is 329 g/mol. The zero-order chi connectivity index (χ0) is 16.5. The molecule has 1 aromatic rings. The number of nitro benzene ring substituents is 1. The highest BCUT2D eigenvalue weighted by Gasteiger charge is 2.21. The summed E-state index contributed by atoms with van der Waals surface area (Å²) in [6.07, 6.45) is 0.145. The highest BCUT2D eigenvalue weighted by molar-refractivity contribution is 7.80. The van der Waals surface area contributed by atoms with E-state index in [0.29, 0.717) is 30.5 Å². The molecule has 0 saturated carbocycles. The van der Waals surface area contributed by atoms with Gasteiger partial charge in [-0.3, -0.25) is 14.9 Å². The fourth-order valence-electron chi connectivity index (χ4n) is 1.74. The third-order valence-electron chi connectivity index (χ3n) is 2.65. The minimum atomic E-state index is -0.542. The molecule has 0 saturated heterocycles. The molecule has 7 nitrogen and oxygen atoms in total. The summed E-state index contributed by atoms with van der Waals surface area (Å²) in [6, 6.07) is 2.76. The number of rotatable bonds is 9. The molecule has 0 radical (unpaired) electrons. The maximum absolute atomic E-state index is 11.4. The fraction of sp³-hybridized carbons (Fsp3) is 0.500. The zero-order valence-electron chi connectivity index (χ0n) is 12.5. The molecular weight excluding hydrogens is 310 g/mol. The number of nitrogens with zero attached hydrogens (tertiary/aromatic N) is 1. The molecule has 122 valence electrons. The van der Waals surface area contributed by atoms with Crippen LogP contribution in [0.5, 0.6) is 11.5 Å². The smallest absolute Gasteiger partial charge is 0.306 e. The van der Waals surface area contributed by atoms with Crippen molar-refractivity contribution in [1.29, 1.82) is 0 Å². The van der Waals surface area contributed by atoms with Crippen LogP contribution in [0.15, 0.2) is 12.1 Å². The third-order valence-corrected chi connectivity index (χ3v) is 2.87. The minimum absolute atomic E-state index is 0.145. The molecule has 0 unspecified atom stereocenters.